The third kappa shape index (κ3) is 10.9. The van der Waals surface area contributed by atoms with E-state index in [9.17, 15) is 38.0 Å². The first kappa shape index (κ1) is 42.5. The van der Waals surface area contributed by atoms with E-state index in [1.54, 1.807) is 97.1 Å². The number of nitrogens with one attached hydrogen (secondary N) is 2. The number of benzene rings is 3. The van der Waals surface area contributed by atoms with Crippen molar-refractivity contribution >= 4 is 62.0 Å². The van der Waals surface area contributed by atoms with Gasteiger partial charge in [0.2, 0.25) is 0 Å². The molecule has 0 radical (unpaired) electrons. The number of amides is 4. The molecule has 0 bridgehead atoms. The van der Waals surface area contributed by atoms with Crippen LogP contribution in [0.15, 0.2) is 77.8 Å². The summed E-state index contributed by atoms with van der Waals surface area (Å²) in [7, 11) is -2.02. The van der Waals surface area contributed by atoms with Gasteiger partial charge in [0.25, 0.3) is 0 Å². The summed E-state index contributed by atoms with van der Waals surface area (Å²) in [6.45, 7) is 11.8. The molecule has 0 saturated heterocycles. The number of likely N-dealkylation sites (N-methyl/N-ethyl adjacent to an activating group) is 1. The number of anilines is 3. The number of sulfone groups is 1. The predicted molar refractivity (Wildman–Crippen MR) is 211 cm³/mol. The van der Waals surface area contributed by atoms with Crippen molar-refractivity contribution < 1.29 is 42.2 Å². The van der Waals surface area contributed by atoms with E-state index >= 15 is 0 Å². The molecular weight excluding hydrogens is 741 g/mol. The van der Waals surface area contributed by atoms with E-state index in [1.807, 2.05) is 6.07 Å². The fourth-order valence-corrected chi connectivity index (χ4v) is 6.39. The first-order valence-corrected chi connectivity index (χ1v) is 19.3. The van der Waals surface area contributed by atoms with E-state index in [0.29, 0.717) is 35.0 Å². The Morgan fingerprint density at radius 1 is 0.893 bits per heavy atom. The van der Waals surface area contributed by atoms with E-state index in [4.69, 9.17) is 9.47 Å². The lowest BCUT2D eigenvalue weighted by atomic mass is 10.0. The van der Waals surface area contributed by atoms with Gasteiger partial charge < -0.3 is 30.1 Å². The van der Waals surface area contributed by atoms with E-state index in [2.05, 4.69) is 15.6 Å². The molecule has 0 fully saturated rings. The summed E-state index contributed by atoms with van der Waals surface area (Å²) in [4.78, 5) is 58.2. The molecule has 0 spiro atoms. The Hall–Kier alpha value is -6.21. The number of fused-ring (bicyclic) bond motifs is 1. The van der Waals surface area contributed by atoms with Crippen LogP contribution in [-0.4, -0.2) is 78.1 Å². The number of rotatable bonds is 11. The Morgan fingerprint density at radius 3 is 2.05 bits per heavy atom. The molecule has 3 N–H and O–H groups in total. The van der Waals surface area contributed by atoms with Gasteiger partial charge in [-0.15, -0.1) is 0 Å². The molecule has 4 rings (SSSR count). The summed E-state index contributed by atoms with van der Waals surface area (Å²) in [5.41, 5.74) is 0.130. The third-order valence-electron chi connectivity index (χ3n) is 8.13. The Labute approximate surface area is 326 Å². The Morgan fingerprint density at radius 2 is 1.50 bits per heavy atom. The molecule has 296 valence electrons. The van der Waals surface area contributed by atoms with E-state index in [-0.39, 0.29) is 27.7 Å². The van der Waals surface area contributed by atoms with E-state index in [1.165, 1.54) is 36.2 Å². The molecule has 0 aliphatic heterocycles. The maximum Gasteiger partial charge on any atom is 0.425 e. The Kier molecular flexibility index (Phi) is 13.0. The number of nitrogens with zero attached hydrogens (tertiary/aromatic N) is 4. The highest BCUT2D eigenvalue weighted by Gasteiger charge is 2.34. The number of hydrogen-bond acceptors (Lipinski definition) is 11. The molecule has 1 atom stereocenters. The third-order valence-corrected chi connectivity index (χ3v) is 9.91. The maximum absolute atomic E-state index is 13.3. The number of carboxylic acid groups (broad SMARTS) is 1. The molecular formula is C40H46N6O9S. The van der Waals surface area contributed by atoms with E-state index in [0.717, 1.165) is 10.5 Å². The summed E-state index contributed by atoms with van der Waals surface area (Å²) >= 11 is 0. The van der Waals surface area contributed by atoms with Crippen molar-refractivity contribution in [1.82, 2.24) is 9.88 Å². The molecule has 3 aromatic carbocycles. The van der Waals surface area contributed by atoms with Crippen molar-refractivity contribution in [1.29, 1.82) is 5.26 Å². The van der Waals surface area contributed by atoms with Crippen LogP contribution in [0.3, 0.4) is 0 Å². The number of pyridine rings is 1. The highest BCUT2D eigenvalue weighted by molar-refractivity contribution is 7.91. The molecule has 0 saturated carbocycles. The highest BCUT2D eigenvalue weighted by atomic mass is 32.2. The SMILES string of the molecule is CCS(=O)(=O)c1ccc(NC(=O)N(C)CCc2ccc(C(Nc3ccc4c(N(C(=O)OC(C)(C)C)C(=O)OC(C)(C)C)nccc4c3)C(=O)O)cc2)cc1C#N. The number of hydrogen-bond donors (Lipinski definition) is 3. The second-order valence-electron chi connectivity index (χ2n) is 14.9. The molecule has 4 amide bonds. The maximum atomic E-state index is 13.3. The monoisotopic (exact) mass is 786 g/mol. The average molecular weight is 787 g/mol. The van der Waals surface area contributed by atoms with Crippen LogP contribution in [0.5, 0.6) is 0 Å². The zero-order valence-corrected chi connectivity index (χ0v) is 33.4. The van der Waals surface area contributed by atoms with Crippen molar-refractivity contribution in [2.45, 2.75) is 77.0 Å². The number of urea groups is 1. The van der Waals surface area contributed by atoms with Crippen molar-refractivity contribution in [3.8, 4) is 6.07 Å². The molecule has 0 aliphatic rings. The van der Waals surface area contributed by atoms with Crippen molar-refractivity contribution in [3.63, 3.8) is 0 Å². The normalized spacial score (nSPS) is 12.2. The van der Waals surface area contributed by atoms with Gasteiger partial charge in [-0.1, -0.05) is 31.2 Å². The molecule has 4 aromatic rings. The van der Waals surface area contributed by atoms with Crippen LogP contribution in [0.25, 0.3) is 10.8 Å². The minimum absolute atomic E-state index is 0.0159. The van der Waals surface area contributed by atoms with Gasteiger partial charge in [0, 0.05) is 36.6 Å². The van der Waals surface area contributed by atoms with Crippen LogP contribution in [0.1, 0.15) is 71.2 Å². The number of nitriles is 1. The molecule has 16 heteroatoms. The fourth-order valence-electron chi connectivity index (χ4n) is 5.36. The smallest absolute Gasteiger partial charge is 0.425 e. The summed E-state index contributed by atoms with van der Waals surface area (Å²) in [6, 6.07) is 17.8. The van der Waals surface area contributed by atoms with Crippen LogP contribution in [-0.2, 0) is 30.5 Å². The van der Waals surface area contributed by atoms with Crippen LogP contribution in [0.4, 0.5) is 31.6 Å². The number of ether oxygens (including phenoxy) is 2. The van der Waals surface area contributed by atoms with Gasteiger partial charge in [0.05, 0.1) is 16.2 Å². The van der Waals surface area contributed by atoms with Gasteiger partial charge in [-0.25, -0.2) is 32.6 Å². The Balaban J connectivity index is 1.47. The van der Waals surface area contributed by atoms with Gasteiger partial charge in [-0.05, 0) is 107 Å². The summed E-state index contributed by atoms with van der Waals surface area (Å²) in [5.74, 6) is -1.31. The lowest BCUT2D eigenvalue weighted by Crippen LogP contribution is -2.44. The zero-order valence-electron chi connectivity index (χ0n) is 32.5. The van der Waals surface area contributed by atoms with Crippen molar-refractivity contribution in [2.75, 3.05) is 34.9 Å². The largest absolute Gasteiger partial charge is 0.479 e. The van der Waals surface area contributed by atoms with Gasteiger partial charge >= 0.3 is 24.2 Å². The highest BCUT2D eigenvalue weighted by Crippen LogP contribution is 2.31. The second-order valence-corrected chi connectivity index (χ2v) is 17.1. The minimum atomic E-state index is -3.61. The number of aliphatic carboxylic acids is 1. The topological polar surface area (TPSA) is 208 Å². The number of carbonyl (C=O) groups excluding carboxylic acids is 3. The summed E-state index contributed by atoms with van der Waals surface area (Å²) in [6.07, 6.45) is -0.0801. The molecule has 0 aliphatic carbocycles. The standard InChI is InChI=1S/C40H46N6O9S/c1-9-56(52,53)32-17-15-30(23-28(32)24-41)44-36(49)45(8)21-19-25-10-12-26(13-11-25)33(35(47)48)43-29-14-16-31-27(22-29)18-20-42-34(31)46(37(50)54-39(2,3)4)38(51)55-40(5,6)7/h10-18,20,22-23,33,43H,9,19,21H2,1-8H3,(H,44,49)(H,47,48). The van der Waals surface area contributed by atoms with Gasteiger partial charge in [-0.3, -0.25) is 0 Å². The fraction of sp³-hybridized carbons (Fsp3) is 0.350. The summed E-state index contributed by atoms with van der Waals surface area (Å²) < 4.78 is 35.6. The predicted octanol–water partition coefficient (Wildman–Crippen LogP) is 7.52. The molecule has 1 aromatic heterocycles. The molecule has 15 nitrogen and oxygen atoms in total. The van der Waals surface area contributed by atoms with Crippen molar-refractivity contribution in [3.05, 3.63) is 89.6 Å². The van der Waals surface area contributed by atoms with Crippen LogP contribution >= 0.6 is 0 Å². The van der Waals surface area contributed by atoms with Crippen molar-refractivity contribution in [2.24, 2.45) is 0 Å². The van der Waals surface area contributed by atoms with Crippen LogP contribution in [0, 0.1) is 11.3 Å². The first-order valence-electron chi connectivity index (χ1n) is 17.6. The second kappa shape index (κ2) is 17.1. The number of carbonyl (C=O) groups is 4. The van der Waals surface area contributed by atoms with Gasteiger partial charge in [0.15, 0.2) is 21.7 Å². The lowest BCUT2D eigenvalue weighted by molar-refractivity contribution is -0.138. The zero-order chi connectivity index (χ0) is 41.6. The number of carboxylic acids is 1. The summed E-state index contributed by atoms with van der Waals surface area (Å²) in [5, 5.41) is 26.3. The minimum Gasteiger partial charge on any atom is -0.479 e. The molecule has 1 heterocycles. The van der Waals surface area contributed by atoms with Crippen LogP contribution < -0.4 is 15.5 Å². The van der Waals surface area contributed by atoms with Gasteiger partial charge in [-0.2, -0.15) is 10.2 Å². The molecule has 56 heavy (non-hydrogen) atoms. The Bertz CT molecular complexity index is 2250. The van der Waals surface area contributed by atoms with Gasteiger partial charge in [0.1, 0.15) is 17.3 Å². The average Bonchev–Trinajstić information content (AvgIpc) is 3.11. The lowest BCUT2D eigenvalue weighted by Gasteiger charge is -2.28. The first-order chi connectivity index (χ1) is 26.1. The number of aromatic nitrogens is 1. The van der Waals surface area contributed by atoms with E-state index < -0.39 is 51.3 Å². The quantitative estimate of drug-likeness (QED) is 0.135. The molecule has 1 unspecified atom stereocenters. The van der Waals surface area contributed by atoms with Crippen LogP contribution in [0.2, 0.25) is 0 Å². The number of imide groups is 1.